The third-order valence-electron chi connectivity index (χ3n) is 3.95. The Hall–Kier alpha value is -1.82. The van der Waals surface area contributed by atoms with Crippen molar-refractivity contribution in [3.05, 3.63) is 64.3 Å². The second-order valence-corrected chi connectivity index (χ2v) is 9.24. The summed E-state index contributed by atoms with van der Waals surface area (Å²) in [6, 6.07) is 11.5. The summed E-state index contributed by atoms with van der Waals surface area (Å²) in [4.78, 5) is 4.21. The molecule has 0 aliphatic carbocycles. The topological polar surface area (TPSA) is 56.3 Å². The molecule has 0 spiro atoms. The SMILES string of the molecule is CC(C)(C)c1ccc(S(=O)(=O)Oc2c(Cl)cc(Cl)c3cccnc23)cc1. The van der Waals surface area contributed by atoms with Gasteiger partial charge in [0.2, 0.25) is 0 Å². The summed E-state index contributed by atoms with van der Waals surface area (Å²) in [5.41, 5.74) is 1.23. The zero-order valence-electron chi connectivity index (χ0n) is 14.5. The molecule has 2 aromatic carbocycles. The Morgan fingerprint density at radius 2 is 1.65 bits per heavy atom. The van der Waals surface area contributed by atoms with Crippen LogP contribution in [0, 0.1) is 0 Å². The third kappa shape index (κ3) is 3.65. The number of rotatable bonds is 3. The number of aromatic nitrogens is 1. The molecular formula is C19H17Cl2NO3S. The first kappa shape index (κ1) is 19.0. The van der Waals surface area contributed by atoms with E-state index in [0.29, 0.717) is 15.9 Å². The monoisotopic (exact) mass is 409 g/mol. The maximum atomic E-state index is 12.7. The van der Waals surface area contributed by atoms with Crippen LogP contribution in [0.15, 0.2) is 53.6 Å². The number of hydrogen-bond acceptors (Lipinski definition) is 4. The van der Waals surface area contributed by atoms with Crippen LogP contribution in [0.5, 0.6) is 5.75 Å². The van der Waals surface area contributed by atoms with Gasteiger partial charge in [0, 0.05) is 11.6 Å². The third-order valence-corrected chi connectivity index (χ3v) is 5.78. The van der Waals surface area contributed by atoms with Gasteiger partial charge in [-0.2, -0.15) is 8.42 Å². The molecular weight excluding hydrogens is 393 g/mol. The molecule has 26 heavy (non-hydrogen) atoms. The van der Waals surface area contributed by atoms with E-state index in [1.807, 2.05) is 0 Å². The summed E-state index contributed by atoms with van der Waals surface area (Å²) in [6.45, 7) is 6.16. The van der Waals surface area contributed by atoms with Crippen molar-refractivity contribution in [2.24, 2.45) is 0 Å². The Balaban J connectivity index is 2.05. The molecule has 0 radical (unpaired) electrons. The molecule has 0 bridgehead atoms. The molecule has 0 saturated heterocycles. The first-order valence-electron chi connectivity index (χ1n) is 7.87. The lowest BCUT2D eigenvalue weighted by Crippen LogP contribution is -2.13. The smallest absolute Gasteiger partial charge is 0.339 e. The maximum Gasteiger partial charge on any atom is 0.339 e. The average molecular weight is 410 g/mol. The largest absolute Gasteiger partial charge is 0.375 e. The first-order valence-corrected chi connectivity index (χ1v) is 10.0. The molecule has 3 aromatic rings. The van der Waals surface area contributed by atoms with E-state index in [4.69, 9.17) is 27.4 Å². The van der Waals surface area contributed by atoms with E-state index in [9.17, 15) is 8.42 Å². The lowest BCUT2D eigenvalue weighted by atomic mass is 9.87. The molecule has 0 saturated carbocycles. The van der Waals surface area contributed by atoms with Crippen LogP contribution < -0.4 is 4.18 Å². The highest BCUT2D eigenvalue weighted by molar-refractivity contribution is 7.87. The molecule has 7 heteroatoms. The molecule has 0 fully saturated rings. The van der Waals surface area contributed by atoms with E-state index in [1.165, 1.54) is 24.4 Å². The summed E-state index contributed by atoms with van der Waals surface area (Å²) >= 11 is 12.3. The lowest BCUT2D eigenvalue weighted by Gasteiger charge is -2.19. The summed E-state index contributed by atoms with van der Waals surface area (Å²) in [5.74, 6) is -0.0356. The molecule has 3 rings (SSSR count). The van der Waals surface area contributed by atoms with Gasteiger partial charge in [0.25, 0.3) is 0 Å². The Labute approximate surface area is 162 Å². The van der Waals surface area contributed by atoms with Gasteiger partial charge in [-0.1, -0.05) is 56.1 Å². The minimum Gasteiger partial charge on any atom is -0.375 e. The van der Waals surface area contributed by atoms with Crippen molar-refractivity contribution in [2.75, 3.05) is 0 Å². The van der Waals surface area contributed by atoms with Gasteiger partial charge >= 0.3 is 10.1 Å². The normalized spacial score (nSPS) is 12.3. The van der Waals surface area contributed by atoms with E-state index in [2.05, 4.69) is 25.8 Å². The lowest BCUT2D eigenvalue weighted by molar-refractivity contribution is 0.488. The zero-order valence-corrected chi connectivity index (χ0v) is 16.8. The van der Waals surface area contributed by atoms with Crippen molar-refractivity contribution in [1.82, 2.24) is 4.98 Å². The van der Waals surface area contributed by atoms with Crippen molar-refractivity contribution in [2.45, 2.75) is 31.1 Å². The number of nitrogens with zero attached hydrogens (tertiary/aromatic N) is 1. The van der Waals surface area contributed by atoms with Crippen molar-refractivity contribution in [3.63, 3.8) is 0 Å². The molecule has 0 aliphatic heterocycles. The van der Waals surface area contributed by atoms with E-state index in [1.54, 1.807) is 24.3 Å². The van der Waals surface area contributed by atoms with Crippen LogP contribution in [0.25, 0.3) is 10.9 Å². The van der Waals surface area contributed by atoms with Gasteiger partial charge in [0.1, 0.15) is 10.4 Å². The van der Waals surface area contributed by atoms with Crippen LogP contribution in [0.2, 0.25) is 10.0 Å². The van der Waals surface area contributed by atoms with Crippen LogP contribution in [-0.4, -0.2) is 13.4 Å². The van der Waals surface area contributed by atoms with Gasteiger partial charge < -0.3 is 4.18 Å². The van der Waals surface area contributed by atoms with E-state index in [-0.39, 0.29) is 21.1 Å². The summed E-state index contributed by atoms with van der Waals surface area (Å²) in [7, 11) is -4.07. The minimum atomic E-state index is -4.07. The number of hydrogen-bond donors (Lipinski definition) is 0. The standard InChI is InChI=1S/C19H17Cl2NO3S/c1-19(2,3)12-6-8-13(9-7-12)26(23,24)25-18-16(21)11-15(20)14-5-4-10-22-17(14)18/h4-11H,1-3H3. The first-order chi connectivity index (χ1) is 12.1. The van der Waals surface area contributed by atoms with Crippen molar-refractivity contribution < 1.29 is 12.6 Å². The van der Waals surface area contributed by atoms with Crippen LogP contribution in [-0.2, 0) is 15.5 Å². The second-order valence-electron chi connectivity index (χ2n) is 6.88. The molecule has 0 amide bonds. The molecule has 0 unspecified atom stereocenters. The number of pyridine rings is 1. The summed E-state index contributed by atoms with van der Waals surface area (Å²) < 4.78 is 30.7. The highest BCUT2D eigenvalue weighted by Gasteiger charge is 2.23. The fourth-order valence-corrected chi connectivity index (χ4v) is 4.06. The van der Waals surface area contributed by atoms with Crippen LogP contribution in [0.1, 0.15) is 26.3 Å². The Morgan fingerprint density at radius 3 is 2.27 bits per heavy atom. The molecule has 4 nitrogen and oxygen atoms in total. The molecule has 136 valence electrons. The number of halogens is 2. The molecule has 0 atom stereocenters. The van der Waals surface area contributed by atoms with Gasteiger partial charge in [-0.05, 0) is 41.3 Å². The van der Waals surface area contributed by atoms with Gasteiger partial charge in [-0.25, -0.2) is 0 Å². The van der Waals surface area contributed by atoms with Gasteiger partial charge in [0.15, 0.2) is 5.75 Å². The van der Waals surface area contributed by atoms with Crippen LogP contribution >= 0.6 is 23.2 Å². The molecule has 1 heterocycles. The number of fused-ring (bicyclic) bond motifs is 1. The van der Waals surface area contributed by atoms with Crippen LogP contribution in [0.4, 0.5) is 0 Å². The average Bonchev–Trinajstić information content (AvgIpc) is 2.58. The van der Waals surface area contributed by atoms with E-state index >= 15 is 0 Å². The summed E-state index contributed by atoms with van der Waals surface area (Å²) in [5, 5.41) is 1.01. The Kier molecular flexibility index (Phi) is 4.90. The van der Waals surface area contributed by atoms with Crippen molar-refractivity contribution in [3.8, 4) is 5.75 Å². The number of benzene rings is 2. The predicted molar refractivity (Wildman–Crippen MR) is 105 cm³/mol. The second kappa shape index (κ2) is 6.72. The van der Waals surface area contributed by atoms with Gasteiger partial charge in [0.05, 0.1) is 10.0 Å². The Bertz CT molecular complexity index is 1070. The molecule has 0 N–H and O–H groups in total. The van der Waals surface area contributed by atoms with Gasteiger partial charge in [-0.3, -0.25) is 4.98 Å². The quantitative estimate of drug-likeness (QED) is 0.527. The Morgan fingerprint density at radius 1 is 1.00 bits per heavy atom. The minimum absolute atomic E-state index is 0.0356. The fraction of sp³-hybridized carbons (Fsp3) is 0.211. The highest BCUT2D eigenvalue weighted by atomic mass is 35.5. The van der Waals surface area contributed by atoms with Crippen LogP contribution in [0.3, 0.4) is 0 Å². The predicted octanol–water partition coefficient (Wildman–Crippen LogP) is 5.61. The molecule has 1 aromatic heterocycles. The summed E-state index contributed by atoms with van der Waals surface area (Å²) in [6.07, 6.45) is 1.52. The van der Waals surface area contributed by atoms with E-state index in [0.717, 1.165) is 5.56 Å². The highest BCUT2D eigenvalue weighted by Crippen LogP contribution is 2.38. The maximum absolute atomic E-state index is 12.7. The van der Waals surface area contributed by atoms with Gasteiger partial charge in [-0.15, -0.1) is 0 Å². The zero-order chi connectivity index (χ0) is 19.1. The van der Waals surface area contributed by atoms with E-state index < -0.39 is 10.1 Å². The molecule has 0 aliphatic rings. The van der Waals surface area contributed by atoms with Crippen molar-refractivity contribution >= 4 is 44.2 Å². The van der Waals surface area contributed by atoms with Crippen molar-refractivity contribution in [1.29, 1.82) is 0 Å². The fourth-order valence-electron chi connectivity index (χ4n) is 2.51.